The molecule has 0 spiro atoms. The summed E-state index contributed by atoms with van der Waals surface area (Å²) in [5.41, 5.74) is 4.46. The Labute approximate surface area is 154 Å². The van der Waals surface area contributed by atoms with E-state index in [1.165, 1.54) is 0 Å². The number of anilines is 1. The van der Waals surface area contributed by atoms with E-state index in [9.17, 15) is 4.79 Å². The highest BCUT2D eigenvalue weighted by Gasteiger charge is 2.48. The maximum absolute atomic E-state index is 12.7. The molecule has 0 radical (unpaired) electrons. The standard InChI is InChI=1S/C22H22N2O2/c1-15(2)20-23-14-18(16-10-6-5-7-11-16)17-12-8-9-13-19(17)24(23)22(3,4)21(25)26-20/h5-14H,1-4H3. The third-order valence-corrected chi connectivity index (χ3v) is 4.83. The molecule has 0 aromatic heterocycles. The van der Waals surface area contributed by atoms with Crippen LogP contribution in [0.5, 0.6) is 0 Å². The summed E-state index contributed by atoms with van der Waals surface area (Å²) in [5.74, 6) is 0.313. The average molecular weight is 346 g/mol. The number of cyclic esters (lactones) is 1. The van der Waals surface area contributed by atoms with Crippen LogP contribution >= 0.6 is 0 Å². The van der Waals surface area contributed by atoms with Gasteiger partial charge >= 0.3 is 5.97 Å². The van der Waals surface area contributed by atoms with E-state index in [0.717, 1.165) is 28.0 Å². The molecule has 0 bridgehead atoms. The topological polar surface area (TPSA) is 32.8 Å². The van der Waals surface area contributed by atoms with Crippen molar-refractivity contribution in [2.24, 2.45) is 0 Å². The fraction of sp³-hybridized carbons (Fsp3) is 0.227. The van der Waals surface area contributed by atoms with Crippen molar-refractivity contribution in [1.29, 1.82) is 0 Å². The predicted octanol–water partition coefficient (Wildman–Crippen LogP) is 4.70. The van der Waals surface area contributed by atoms with E-state index in [2.05, 4.69) is 30.5 Å². The van der Waals surface area contributed by atoms with Crippen LogP contribution in [0.15, 0.2) is 72.3 Å². The molecule has 0 saturated carbocycles. The first-order valence-electron chi connectivity index (χ1n) is 8.77. The molecule has 4 heteroatoms. The normalized spacial score (nSPS) is 17.9. The second kappa shape index (κ2) is 5.77. The van der Waals surface area contributed by atoms with Crippen molar-refractivity contribution >= 4 is 17.2 Å². The largest absolute Gasteiger partial charge is 0.406 e. The Hall–Kier alpha value is -3.01. The summed E-state index contributed by atoms with van der Waals surface area (Å²) in [6.07, 6.45) is 2.06. The van der Waals surface area contributed by atoms with Gasteiger partial charge in [0.1, 0.15) is 0 Å². The van der Waals surface area contributed by atoms with Crippen molar-refractivity contribution < 1.29 is 9.53 Å². The minimum Gasteiger partial charge on any atom is -0.406 e. The van der Waals surface area contributed by atoms with Gasteiger partial charge in [0.2, 0.25) is 5.88 Å². The number of carbonyl (C=O) groups excluding carboxylic acids is 1. The number of hydrazine groups is 1. The molecule has 0 unspecified atom stereocenters. The van der Waals surface area contributed by atoms with Crippen LogP contribution in [-0.4, -0.2) is 16.5 Å². The Morgan fingerprint density at radius 3 is 2.31 bits per heavy atom. The van der Waals surface area contributed by atoms with Gasteiger partial charge < -0.3 is 4.74 Å². The van der Waals surface area contributed by atoms with Crippen LogP contribution in [0.2, 0.25) is 0 Å². The highest BCUT2D eigenvalue weighted by Crippen LogP contribution is 2.44. The first kappa shape index (κ1) is 16.5. The lowest BCUT2D eigenvalue weighted by Gasteiger charge is -2.51. The molecular formula is C22H22N2O2. The summed E-state index contributed by atoms with van der Waals surface area (Å²) in [6.45, 7) is 7.69. The molecule has 2 aromatic rings. The molecule has 1 fully saturated rings. The lowest BCUT2D eigenvalue weighted by molar-refractivity contribution is -0.153. The predicted molar refractivity (Wildman–Crippen MR) is 103 cm³/mol. The summed E-state index contributed by atoms with van der Waals surface area (Å²) in [4.78, 5) is 12.7. The van der Waals surface area contributed by atoms with Crippen molar-refractivity contribution in [2.45, 2.75) is 33.2 Å². The number of hydrogen-bond donors (Lipinski definition) is 0. The SMILES string of the molecule is CC(C)=C1OC(=O)C(C)(C)N2c3ccccc3C(c3ccccc3)=CN12. The van der Waals surface area contributed by atoms with E-state index in [1.807, 2.05) is 68.0 Å². The number of para-hydroxylation sites is 1. The Morgan fingerprint density at radius 1 is 0.962 bits per heavy atom. The third kappa shape index (κ3) is 2.33. The lowest BCUT2D eigenvalue weighted by atomic mass is 9.92. The van der Waals surface area contributed by atoms with Crippen molar-refractivity contribution in [3.8, 4) is 0 Å². The molecule has 0 N–H and O–H groups in total. The lowest BCUT2D eigenvalue weighted by Crippen LogP contribution is -2.63. The molecule has 132 valence electrons. The fourth-order valence-electron chi connectivity index (χ4n) is 3.50. The van der Waals surface area contributed by atoms with Gasteiger partial charge in [-0.2, -0.15) is 0 Å². The Morgan fingerprint density at radius 2 is 1.62 bits per heavy atom. The zero-order chi connectivity index (χ0) is 18.5. The van der Waals surface area contributed by atoms with E-state index in [1.54, 1.807) is 0 Å². The van der Waals surface area contributed by atoms with Gasteiger partial charge in [0.05, 0.1) is 5.69 Å². The molecule has 4 nitrogen and oxygen atoms in total. The summed E-state index contributed by atoms with van der Waals surface area (Å²) in [7, 11) is 0. The molecule has 26 heavy (non-hydrogen) atoms. The van der Waals surface area contributed by atoms with Crippen LogP contribution in [-0.2, 0) is 9.53 Å². The molecule has 2 aliphatic heterocycles. The molecule has 2 heterocycles. The van der Waals surface area contributed by atoms with Crippen LogP contribution in [0.3, 0.4) is 0 Å². The van der Waals surface area contributed by atoms with Gasteiger partial charge in [-0.1, -0.05) is 48.5 Å². The van der Waals surface area contributed by atoms with E-state index < -0.39 is 5.54 Å². The minimum absolute atomic E-state index is 0.253. The van der Waals surface area contributed by atoms with Crippen molar-refractivity contribution in [3.63, 3.8) is 0 Å². The number of benzene rings is 2. The zero-order valence-electron chi connectivity index (χ0n) is 15.5. The Bertz CT molecular complexity index is 938. The monoisotopic (exact) mass is 346 g/mol. The molecule has 0 atom stereocenters. The second-order valence-corrected chi connectivity index (χ2v) is 7.34. The van der Waals surface area contributed by atoms with Crippen molar-refractivity contribution in [3.05, 3.63) is 83.4 Å². The first-order chi connectivity index (χ1) is 12.4. The summed E-state index contributed by atoms with van der Waals surface area (Å²) >= 11 is 0. The number of carbonyl (C=O) groups is 1. The number of fused-ring (bicyclic) bond motifs is 3. The van der Waals surface area contributed by atoms with Crippen LogP contribution in [0.25, 0.3) is 5.57 Å². The molecule has 1 saturated heterocycles. The van der Waals surface area contributed by atoms with E-state index in [4.69, 9.17) is 4.74 Å². The number of nitrogens with zero attached hydrogens (tertiary/aromatic N) is 2. The van der Waals surface area contributed by atoms with Crippen LogP contribution in [0.4, 0.5) is 5.69 Å². The molecule has 0 amide bonds. The van der Waals surface area contributed by atoms with Gasteiger partial charge in [0, 0.05) is 17.3 Å². The molecule has 2 aliphatic rings. The molecular weight excluding hydrogens is 324 g/mol. The third-order valence-electron chi connectivity index (χ3n) is 4.83. The summed E-state index contributed by atoms with van der Waals surface area (Å²) in [5, 5.41) is 4.00. The first-order valence-corrected chi connectivity index (χ1v) is 8.77. The van der Waals surface area contributed by atoms with Gasteiger partial charge in [-0.3, -0.25) is 5.01 Å². The van der Waals surface area contributed by atoms with Gasteiger partial charge in [-0.25, -0.2) is 9.80 Å². The van der Waals surface area contributed by atoms with Crippen molar-refractivity contribution in [1.82, 2.24) is 5.01 Å². The number of allylic oxidation sites excluding steroid dienone is 1. The Balaban J connectivity index is 2.00. The highest BCUT2D eigenvalue weighted by molar-refractivity contribution is 5.93. The van der Waals surface area contributed by atoms with Gasteiger partial charge in [-0.05, 0) is 44.9 Å². The quantitative estimate of drug-likeness (QED) is 0.701. The van der Waals surface area contributed by atoms with E-state index in [0.29, 0.717) is 5.88 Å². The van der Waals surface area contributed by atoms with Crippen LogP contribution < -0.4 is 5.01 Å². The smallest absolute Gasteiger partial charge is 0.340 e. The Kier molecular flexibility index (Phi) is 3.65. The maximum Gasteiger partial charge on any atom is 0.340 e. The number of ether oxygens (including phenoxy) is 1. The van der Waals surface area contributed by atoms with Crippen molar-refractivity contribution in [2.75, 3.05) is 5.01 Å². The molecule has 4 rings (SSSR count). The zero-order valence-corrected chi connectivity index (χ0v) is 15.5. The van der Waals surface area contributed by atoms with Gasteiger partial charge in [0.25, 0.3) is 0 Å². The number of rotatable bonds is 1. The van der Waals surface area contributed by atoms with E-state index in [-0.39, 0.29) is 5.97 Å². The summed E-state index contributed by atoms with van der Waals surface area (Å²) in [6, 6.07) is 18.5. The average Bonchev–Trinajstić information content (AvgIpc) is 2.64. The molecule has 2 aromatic carbocycles. The fourth-order valence-corrected chi connectivity index (χ4v) is 3.50. The number of hydrogen-bond acceptors (Lipinski definition) is 4. The van der Waals surface area contributed by atoms with Gasteiger partial charge in [0.15, 0.2) is 5.54 Å². The molecule has 0 aliphatic carbocycles. The number of esters is 1. The van der Waals surface area contributed by atoms with Crippen LogP contribution in [0.1, 0.15) is 38.8 Å². The van der Waals surface area contributed by atoms with E-state index >= 15 is 0 Å². The maximum atomic E-state index is 12.7. The summed E-state index contributed by atoms with van der Waals surface area (Å²) < 4.78 is 5.71. The second-order valence-electron chi connectivity index (χ2n) is 7.34. The van der Waals surface area contributed by atoms with Gasteiger partial charge in [-0.15, -0.1) is 0 Å². The highest BCUT2D eigenvalue weighted by atomic mass is 16.6. The van der Waals surface area contributed by atoms with Crippen LogP contribution in [0, 0.1) is 0 Å². The minimum atomic E-state index is -0.812.